The molecule has 0 saturated carbocycles. The average molecular weight is 269 g/mol. The number of rotatable bonds is 5. The quantitative estimate of drug-likeness (QED) is 0.804. The Kier molecular flexibility index (Phi) is 4.54. The van der Waals surface area contributed by atoms with Crippen molar-refractivity contribution in [3.8, 4) is 0 Å². The van der Waals surface area contributed by atoms with Gasteiger partial charge in [0.15, 0.2) is 5.82 Å². The van der Waals surface area contributed by atoms with Crippen LogP contribution in [0, 0.1) is 0 Å². The van der Waals surface area contributed by atoms with Gasteiger partial charge < -0.3 is 14.9 Å². The molecule has 1 aliphatic heterocycles. The highest BCUT2D eigenvalue weighted by molar-refractivity contribution is 4.95. The highest BCUT2D eigenvalue weighted by atomic mass is 16.5. The highest BCUT2D eigenvalue weighted by Gasteiger charge is 2.38. The van der Waals surface area contributed by atoms with Crippen molar-refractivity contribution in [3.63, 3.8) is 0 Å². The predicted octanol–water partition coefficient (Wildman–Crippen LogP) is 0.305. The van der Waals surface area contributed by atoms with Crippen LogP contribution in [-0.2, 0) is 24.1 Å². The highest BCUT2D eigenvalue weighted by Crippen LogP contribution is 2.25. The summed E-state index contributed by atoms with van der Waals surface area (Å²) in [6.07, 6.45) is 1.62. The lowest BCUT2D eigenvalue weighted by atomic mass is 9.88. The standard InChI is InChI=1S/C13H23N3O3/c1-3-11-14-12(4-2)16(15-11)9-10(17)13(18)5-7-19-8-6-13/h10,17-18H,3-9H2,1-2H3. The monoisotopic (exact) mass is 269 g/mol. The van der Waals surface area contributed by atoms with E-state index < -0.39 is 11.7 Å². The van der Waals surface area contributed by atoms with Crippen molar-refractivity contribution in [3.05, 3.63) is 11.6 Å². The number of aliphatic hydroxyl groups is 2. The Hall–Kier alpha value is -0.980. The van der Waals surface area contributed by atoms with Crippen molar-refractivity contribution >= 4 is 0 Å². The third-order valence-corrected chi connectivity index (χ3v) is 3.75. The first-order chi connectivity index (χ1) is 9.09. The van der Waals surface area contributed by atoms with Crippen LogP contribution in [0.25, 0.3) is 0 Å². The van der Waals surface area contributed by atoms with Gasteiger partial charge in [0.05, 0.1) is 12.1 Å². The summed E-state index contributed by atoms with van der Waals surface area (Å²) in [5.74, 6) is 1.63. The molecule has 6 heteroatoms. The van der Waals surface area contributed by atoms with E-state index in [0.717, 1.165) is 24.5 Å². The molecule has 0 bridgehead atoms. The van der Waals surface area contributed by atoms with Crippen molar-refractivity contribution in [1.29, 1.82) is 0 Å². The van der Waals surface area contributed by atoms with E-state index in [1.165, 1.54) is 0 Å². The molecule has 1 aliphatic rings. The Morgan fingerprint density at radius 2 is 2.00 bits per heavy atom. The van der Waals surface area contributed by atoms with Crippen molar-refractivity contribution in [2.45, 2.75) is 57.8 Å². The smallest absolute Gasteiger partial charge is 0.150 e. The van der Waals surface area contributed by atoms with Gasteiger partial charge in [-0.3, -0.25) is 0 Å². The maximum absolute atomic E-state index is 10.4. The molecule has 2 N–H and O–H groups in total. The molecule has 1 saturated heterocycles. The van der Waals surface area contributed by atoms with Crippen molar-refractivity contribution in [2.75, 3.05) is 13.2 Å². The Morgan fingerprint density at radius 1 is 1.32 bits per heavy atom. The number of aryl methyl sites for hydroxylation is 2. The van der Waals surface area contributed by atoms with E-state index in [0.29, 0.717) is 26.1 Å². The summed E-state index contributed by atoms with van der Waals surface area (Å²) in [7, 11) is 0. The number of hydrogen-bond donors (Lipinski definition) is 2. The molecule has 1 atom stereocenters. The first-order valence-electron chi connectivity index (χ1n) is 7.00. The largest absolute Gasteiger partial charge is 0.388 e. The summed E-state index contributed by atoms with van der Waals surface area (Å²) in [6, 6.07) is 0. The minimum atomic E-state index is -1.07. The molecule has 2 heterocycles. The molecule has 6 nitrogen and oxygen atoms in total. The lowest BCUT2D eigenvalue weighted by molar-refractivity contribution is -0.136. The van der Waals surface area contributed by atoms with Crippen molar-refractivity contribution in [2.24, 2.45) is 0 Å². The topological polar surface area (TPSA) is 80.4 Å². The van der Waals surface area contributed by atoms with Crippen LogP contribution in [-0.4, -0.2) is 49.9 Å². The Balaban J connectivity index is 2.09. The van der Waals surface area contributed by atoms with Crippen LogP contribution in [0.15, 0.2) is 0 Å². The molecule has 108 valence electrons. The van der Waals surface area contributed by atoms with Crippen LogP contribution >= 0.6 is 0 Å². The second-order valence-electron chi connectivity index (χ2n) is 5.07. The number of aliphatic hydroxyl groups excluding tert-OH is 1. The van der Waals surface area contributed by atoms with Gasteiger partial charge in [0.1, 0.15) is 11.9 Å². The number of ether oxygens (including phenoxy) is 1. The molecule has 1 fully saturated rings. The lowest BCUT2D eigenvalue weighted by Gasteiger charge is -2.36. The molecule has 0 spiro atoms. The van der Waals surface area contributed by atoms with Crippen LogP contribution in [0.2, 0.25) is 0 Å². The number of nitrogens with zero attached hydrogens (tertiary/aromatic N) is 3. The van der Waals surface area contributed by atoms with E-state index in [1.54, 1.807) is 4.68 Å². The second kappa shape index (κ2) is 5.98. The van der Waals surface area contributed by atoms with Gasteiger partial charge in [-0.05, 0) is 0 Å². The van der Waals surface area contributed by atoms with Gasteiger partial charge in [-0.1, -0.05) is 13.8 Å². The average Bonchev–Trinajstić information content (AvgIpc) is 2.82. The molecular weight excluding hydrogens is 246 g/mol. The van der Waals surface area contributed by atoms with Crippen LogP contribution < -0.4 is 0 Å². The van der Waals surface area contributed by atoms with Gasteiger partial charge in [0.25, 0.3) is 0 Å². The molecular formula is C13H23N3O3. The van der Waals surface area contributed by atoms with Crippen LogP contribution in [0.5, 0.6) is 0 Å². The predicted molar refractivity (Wildman–Crippen MR) is 69.8 cm³/mol. The van der Waals surface area contributed by atoms with Crippen LogP contribution in [0.3, 0.4) is 0 Å². The SMILES string of the molecule is CCc1nc(CC)n(CC(O)C2(O)CCOCC2)n1. The van der Waals surface area contributed by atoms with Gasteiger partial charge in [-0.25, -0.2) is 9.67 Å². The summed E-state index contributed by atoms with van der Waals surface area (Å²) in [4.78, 5) is 4.40. The maximum atomic E-state index is 10.4. The summed E-state index contributed by atoms with van der Waals surface area (Å²) >= 11 is 0. The van der Waals surface area contributed by atoms with E-state index in [9.17, 15) is 10.2 Å². The van der Waals surface area contributed by atoms with E-state index in [2.05, 4.69) is 10.1 Å². The molecule has 0 aromatic carbocycles. The molecule has 2 rings (SSSR count). The fourth-order valence-electron chi connectivity index (χ4n) is 2.38. The zero-order valence-corrected chi connectivity index (χ0v) is 11.7. The van der Waals surface area contributed by atoms with E-state index in [4.69, 9.17) is 4.74 Å². The van der Waals surface area contributed by atoms with Gasteiger partial charge >= 0.3 is 0 Å². The number of aromatic nitrogens is 3. The first-order valence-corrected chi connectivity index (χ1v) is 7.00. The van der Waals surface area contributed by atoms with E-state index in [-0.39, 0.29) is 6.54 Å². The molecule has 0 radical (unpaired) electrons. The molecule has 19 heavy (non-hydrogen) atoms. The lowest BCUT2D eigenvalue weighted by Crippen LogP contribution is -2.48. The van der Waals surface area contributed by atoms with Gasteiger partial charge in [-0.15, -0.1) is 0 Å². The van der Waals surface area contributed by atoms with E-state index in [1.807, 2.05) is 13.8 Å². The van der Waals surface area contributed by atoms with Gasteiger partial charge in [0.2, 0.25) is 0 Å². The van der Waals surface area contributed by atoms with Gasteiger partial charge in [0, 0.05) is 38.9 Å². The molecule has 1 aromatic heterocycles. The third-order valence-electron chi connectivity index (χ3n) is 3.75. The molecule has 0 aliphatic carbocycles. The normalized spacial score (nSPS) is 20.4. The zero-order valence-electron chi connectivity index (χ0n) is 11.7. The second-order valence-corrected chi connectivity index (χ2v) is 5.07. The Labute approximate surface area is 113 Å². The minimum Gasteiger partial charge on any atom is -0.388 e. The molecule has 0 amide bonds. The van der Waals surface area contributed by atoms with Crippen LogP contribution in [0.1, 0.15) is 38.3 Å². The summed E-state index contributed by atoms with van der Waals surface area (Å²) in [5.41, 5.74) is -1.07. The van der Waals surface area contributed by atoms with Crippen molar-refractivity contribution < 1.29 is 14.9 Å². The van der Waals surface area contributed by atoms with E-state index >= 15 is 0 Å². The summed E-state index contributed by atoms with van der Waals surface area (Å²) in [5, 5.41) is 25.1. The fraction of sp³-hybridized carbons (Fsp3) is 0.846. The third kappa shape index (κ3) is 3.13. The Bertz CT molecular complexity index is 413. The zero-order chi connectivity index (χ0) is 13.9. The molecule has 1 unspecified atom stereocenters. The maximum Gasteiger partial charge on any atom is 0.150 e. The van der Waals surface area contributed by atoms with Crippen LogP contribution in [0.4, 0.5) is 0 Å². The summed E-state index contributed by atoms with van der Waals surface area (Å²) in [6.45, 7) is 5.28. The minimum absolute atomic E-state index is 0.284. The summed E-state index contributed by atoms with van der Waals surface area (Å²) < 4.78 is 6.94. The fourth-order valence-corrected chi connectivity index (χ4v) is 2.38. The van der Waals surface area contributed by atoms with Crippen molar-refractivity contribution in [1.82, 2.24) is 14.8 Å². The molecule has 1 aromatic rings. The Morgan fingerprint density at radius 3 is 2.58 bits per heavy atom. The van der Waals surface area contributed by atoms with Gasteiger partial charge in [-0.2, -0.15) is 5.10 Å². The first kappa shape index (κ1) is 14.4. The number of hydrogen-bond acceptors (Lipinski definition) is 5.